The molecule has 6 rings (SSSR count). The standard InChI is InChI=1S/C24H22ClFN4O3S.2ClH/c1-11-3-12(25)4-16(21(11)33-19-9-29(2)8-17(19)26)20-22-18(27-10-28-20)5-13(34-22)7-30-23(31)14-6-15(14)24(30)32;;/h3-5,10,14-15,17,19H,6-9H2,1-2H3;2*1H/t14?,15?,17-,19+;;/m0../s1. The lowest BCUT2D eigenvalue weighted by Gasteiger charge is -2.20. The van der Waals surface area contributed by atoms with Gasteiger partial charge in [-0.2, -0.15) is 0 Å². The number of nitrogens with zero attached hydrogens (tertiary/aromatic N) is 4. The molecular formula is C24H24Cl3FN4O3S. The molecule has 1 aliphatic carbocycles. The number of aromatic nitrogens is 2. The zero-order valence-corrected chi connectivity index (χ0v) is 22.6. The summed E-state index contributed by atoms with van der Waals surface area (Å²) in [7, 11) is 1.87. The number of benzene rings is 1. The van der Waals surface area contributed by atoms with E-state index in [0.29, 0.717) is 47.1 Å². The van der Waals surface area contributed by atoms with Crippen molar-refractivity contribution in [3.63, 3.8) is 0 Å². The van der Waals surface area contributed by atoms with Crippen LogP contribution in [-0.2, 0) is 16.1 Å². The van der Waals surface area contributed by atoms with Gasteiger partial charge in [0.15, 0.2) is 6.17 Å². The summed E-state index contributed by atoms with van der Waals surface area (Å²) in [6.45, 7) is 2.94. The molecule has 2 saturated heterocycles. The first-order valence-corrected chi connectivity index (χ1v) is 12.4. The Hall–Kier alpha value is -2.04. The van der Waals surface area contributed by atoms with E-state index in [1.54, 1.807) is 12.1 Å². The van der Waals surface area contributed by atoms with Crippen molar-refractivity contribution in [1.82, 2.24) is 19.8 Å². The number of piperidine rings is 1. The molecule has 7 nitrogen and oxygen atoms in total. The minimum Gasteiger partial charge on any atom is -0.485 e. The van der Waals surface area contributed by atoms with Gasteiger partial charge < -0.3 is 4.74 Å². The maximum Gasteiger partial charge on any atom is 0.233 e. The quantitative estimate of drug-likeness (QED) is 0.412. The van der Waals surface area contributed by atoms with E-state index < -0.39 is 12.3 Å². The fraction of sp³-hybridized carbons (Fsp3) is 0.417. The molecule has 2 aromatic heterocycles. The van der Waals surface area contributed by atoms with Gasteiger partial charge in [0.05, 0.1) is 34.3 Å². The number of aryl methyl sites for hydroxylation is 1. The number of hydrogen-bond donors (Lipinski definition) is 0. The second kappa shape index (κ2) is 10.0. The number of carbonyl (C=O) groups excluding carboxylic acids is 2. The molecule has 192 valence electrons. The summed E-state index contributed by atoms with van der Waals surface area (Å²) in [5.41, 5.74) is 2.80. The van der Waals surface area contributed by atoms with E-state index in [0.717, 1.165) is 15.1 Å². The normalized spacial score (nSPS) is 25.1. The Kier molecular flexibility index (Phi) is 7.52. The molecule has 0 spiro atoms. The number of fused-ring (bicyclic) bond motifs is 2. The third-order valence-electron chi connectivity index (χ3n) is 6.78. The van der Waals surface area contributed by atoms with Crippen LogP contribution in [0.5, 0.6) is 5.75 Å². The maximum atomic E-state index is 14.5. The molecule has 12 heteroatoms. The first-order chi connectivity index (χ1) is 16.3. The molecule has 2 unspecified atom stereocenters. The number of hydrogen-bond acceptors (Lipinski definition) is 7. The molecule has 0 bridgehead atoms. The lowest BCUT2D eigenvalue weighted by molar-refractivity contribution is -0.141. The van der Waals surface area contributed by atoms with E-state index >= 15 is 0 Å². The van der Waals surface area contributed by atoms with E-state index in [1.165, 1.54) is 22.6 Å². The first kappa shape index (κ1) is 27.0. The summed E-state index contributed by atoms with van der Waals surface area (Å²) in [6, 6.07) is 5.45. The maximum absolute atomic E-state index is 14.5. The lowest BCUT2D eigenvalue weighted by atomic mass is 10.1. The number of rotatable bonds is 5. The van der Waals surface area contributed by atoms with E-state index in [4.69, 9.17) is 16.3 Å². The number of likely N-dealkylation sites (N-methyl/N-ethyl adjacent to an activating group) is 1. The minimum atomic E-state index is -1.09. The first-order valence-electron chi connectivity index (χ1n) is 11.2. The van der Waals surface area contributed by atoms with Gasteiger partial charge in [-0.15, -0.1) is 36.2 Å². The van der Waals surface area contributed by atoms with Crippen molar-refractivity contribution >= 4 is 69.8 Å². The van der Waals surface area contributed by atoms with Crippen molar-refractivity contribution in [1.29, 1.82) is 0 Å². The fourth-order valence-corrected chi connectivity index (χ4v) is 6.35. The van der Waals surface area contributed by atoms with Gasteiger partial charge in [-0.1, -0.05) is 11.6 Å². The van der Waals surface area contributed by atoms with Crippen LogP contribution in [0.4, 0.5) is 4.39 Å². The molecular weight excluding hydrogens is 550 g/mol. The van der Waals surface area contributed by atoms with Gasteiger partial charge in [-0.25, -0.2) is 14.4 Å². The second-order valence-electron chi connectivity index (χ2n) is 9.35. The van der Waals surface area contributed by atoms with Crippen molar-refractivity contribution in [2.24, 2.45) is 11.8 Å². The Morgan fingerprint density at radius 1 is 1.14 bits per heavy atom. The van der Waals surface area contributed by atoms with Crippen LogP contribution in [0.1, 0.15) is 16.9 Å². The molecule has 2 amide bonds. The Labute approximate surface area is 228 Å². The molecule has 3 aromatic rings. The van der Waals surface area contributed by atoms with Gasteiger partial charge in [-0.05, 0) is 44.2 Å². The monoisotopic (exact) mass is 572 g/mol. The highest BCUT2D eigenvalue weighted by Crippen LogP contribution is 2.48. The number of likely N-dealkylation sites (tertiary alicyclic amines) is 2. The van der Waals surface area contributed by atoms with Crippen molar-refractivity contribution in [3.8, 4) is 17.0 Å². The number of thiophene rings is 1. The number of halogens is 4. The third kappa shape index (κ3) is 4.56. The van der Waals surface area contributed by atoms with Gasteiger partial charge in [0.25, 0.3) is 0 Å². The van der Waals surface area contributed by atoms with Gasteiger partial charge in [0.1, 0.15) is 18.2 Å². The topological polar surface area (TPSA) is 75.6 Å². The predicted octanol–water partition coefficient (Wildman–Crippen LogP) is 4.70. The van der Waals surface area contributed by atoms with Crippen LogP contribution in [0, 0.1) is 18.8 Å². The lowest BCUT2D eigenvalue weighted by Crippen LogP contribution is -2.31. The van der Waals surface area contributed by atoms with Crippen LogP contribution in [-0.4, -0.2) is 64.0 Å². The smallest absolute Gasteiger partial charge is 0.233 e. The molecule has 0 N–H and O–H groups in total. The van der Waals surface area contributed by atoms with Crippen LogP contribution in [0.15, 0.2) is 24.5 Å². The van der Waals surface area contributed by atoms with Crippen molar-refractivity contribution in [2.75, 3.05) is 20.1 Å². The van der Waals surface area contributed by atoms with Crippen LogP contribution in [0.2, 0.25) is 5.02 Å². The highest BCUT2D eigenvalue weighted by Gasteiger charge is 2.58. The molecule has 3 aliphatic rings. The second-order valence-corrected chi connectivity index (χ2v) is 10.9. The van der Waals surface area contributed by atoms with Gasteiger partial charge in [0, 0.05) is 28.6 Å². The third-order valence-corrected chi connectivity index (χ3v) is 8.11. The van der Waals surface area contributed by atoms with Crippen LogP contribution in [0.25, 0.3) is 21.5 Å². The zero-order chi connectivity index (χ0) is 23.7. The fourth-order valence-electron chi connectivity index (χ4n) is 4.97. The van der Waals surface area contributed by atoms with Gasteiger partial charge in [0.2, 0.25) is 11.8 Å². The SMILES string of the molecule is Cc1cc(Cl)cc(-c2ncnc3cc(CN4C(=O)C5CC5C4=O)sc23)c1O[C@@H]1CN(C)C[C@@H]1F.Cl.Cl. The van der Waals surface area contributed by atoms with Crippen molar-refractivity contribution < 1.29 is 18.7 Å². The number of amides is 2. The van der Waals surface area contributed by atoms with E-state index in [1.807, 2.05) is 24.9 Å². The summed E-state index contributed by atoms with van der Waals surface area (Å²) in [5, 5.41) is 0.524. The van der Waals surface area contributed by atoms with Gasteiger partial charge in [-0.3, -0.25) is 19.4 Å². The predicted molar refractivity (Wildman–Crippen MR) is 141 cm³/mol. The number of imide groups is 1. The number of carbonyl (C=O) groups is 2. The minimum absolute atomic E-state index is 0. The Bertz CT molecular complexity index is 1340. The van der Waals surface area contributed by atoms with Crippen molar-refractivity contribution in [3.05, 3.63) is 40.0 Å². The molecule has 1 aromatic carbocycles. The summed E-state index contributed by atoms with van der Waals surface area (Å²) in [4.78, 5) is 37.9. The van der Waals surface area contributed by atoms with Gasteiger partial charge >= 0.3 is 0 Å². The molecule has 4 atom stereocenters. The Morgan fingerprint density at radius 3 is 2.53 bits per heavy atom. The highest BCUT2D eigenvalue weighted by atomic mass is 35.5. The molecule has 0 radical (unpaired) electrons. The molecule has 3 fully saturated rings. The summed E-state index contributed by atoms with van der Waals surface area (Å²) in [6.07, 6.45) is 0.479. The summed E-state index contributed by atoms with van der Waals surface area (Å²) < 4.78 is 21.5. The molecule has 36 heavy (non-hydrogen) atoms. The molecule has 1 saturated carbocycles. The zero-order valence-electron chi connectivity index (χ0n) is 19.4. The average molecular weight is 574 g/mol. The average Bonchev–Trinajstić information content (AvgIpc) is 3.30. The summed E-state index contributed by atoms with van der Waals surface area (Å²) >= 11 is 7.84. The van der Waals surface area contributed by atoms with Crippen molar-refractivity contribution in [2.45, 2.75) is 32.2 Å². The summed E-state index contributed by atoms with van der Waals surface area (Å²) in [5.74, 6) is 0.136. The Morgan fingerprint density at radius 2 is 1.86 bits per heavy atom. The van der Waals surface area contributed by atoms with E-state index in [2.05, 4.69) is 9.97 Å². The van der Waals surface area contributed by atoms with E-state index in [9.17, 15) is 14.0 Å². The Balaban J connectivity index is 0.00000152. The van der Waals surface area contributed by atoms with Crippen LogP contribution < -0.4 is 4.74 Å². The van der Waals surface area contributed by atoms with E-state index in [-0.39, 0.29) is 55.0 Å². The highest BCUT2D eigenvalue weighted by molar-refractivity contribution is 7.19. The molecule has 2 aliphatic heterocycles. The van der Waals surface area contributed by atoms with Crippen LogP contribution in [0.3, 0.4) is 0 Å². The van der Waals surface area contributed by atoms with Crippen LogP contribution >= 0.6 is 47.8 Å². The molecule has 4 heterocycles. The number of alkyl halides is 1. The number of ether oxygens (including phenoxy) is 1. The largest absolute Gasteiger partial charge is 0.485 e.